The summed E-state index contributed by atoms with van der Waals surface area (Å²) >= 11 is 0. The third kappa shape index (κ3) is 4.20. The second kappa shape index (κ2) is 8.35. The number of aliphatic hydroxyl groups is 1. The fourth-order valence-electron chi connectivity index (χ4n) is 6.52. The standard InChI is InChI=1S/C28H38N2O/c1-27(2)15-6-17-30(27)18-14-22-9-11-25(12-10-22)28(31)16-13-24-20-29(21-26(24)28)19-23-7-4-3-5-8-23/h3-5,7-12,24,26,31H,6,13-21H2,1-2H3/t24-,26+,28?/m0/s1. The Morgan fingerprint density at radius 2 is 1.71 bits per heavy atom. The first kappa shape index (κ1) is 21.2. The van der Waals surface area contributed by atoms with Crippen LogP contribution >= 0.6 is 0 Å². The van der Waals surface area contributed by atoms with Gasteiger partial charge in [0.1, 0.15) is 0 Å². The maximum atomic E-state index is 11.7. The molecule has 2 aromatic rings. The van der Waals surface area contributed by atoms with Crippen LogP contribution in [0.25, 0.3) is 0 Å². The average molecular weight is 419 g/mol. The van der Waals surface area contributed by atoms with Gasteiger partial charge in [-0.15, -0.1) is 0 Å². The van der Waals surface area contributed by atoms with Crippen LogP contribution in [0.1, 0.15) is 56.2 Å². The summed E-state index contributed by atoms with van der Waals surface area (Å²) in [5.74, 6) is 0.971. The van der Waals surface area contributed by atoms with Gasteiger partial charge in [0, 0.05) is 37.6 Å². The minimum atomic E-state index is -0.661. The van der Waals surface area contributed by atoms with Crippen LogP contribution in [0.2, 0.25) is 0 Å². The predicted molar refractivity (Wildman–Crippen MR) is 127 cm³/mol. The first-order valence-electron chi connectivity index (χ1n) is 12.3. The first-order valence-corrected chi connectivity index (χ1v) is 12.3. The lowest BCUT2D eigenvalue weighted by molar-refractivity contribution is -0.00684. The van der Waals surface area contributed by atoms with E-state index in [2.05, 4.69) is 78.2 Å². The van der Waals surface area contributed by atoms with Gasteiger partial charge in [0.2, 0.25) is 0 Å². The Bertz CT molecular complexity index is 878. The largest absolute Gasteiger partial charge is 0.385 e. The highest BCUT2D eigenvalue weighted by Gasteiger charge is 2.52. The molecule has 0 spiro atoms. The zero-order chi connectivity index (χ0) is 21.5. The Morgan fingerprint density at radius 3 is 2.42 bits per heavy atom. The van der Waals surface area contributed by atoms with Gasteiger partial charge in [-0.2, -0.15) is 0 Å². The summed E-state index contributed by atoms with van der Waals surface area (Å²) in [6, 6.07) is 19.7. The van der Waals surface area contributed by atoms with E-state index in [1.165, 1.54) is 30.5 Å². The third-order valence-corrected chi connectivity index (χ3v) is 8.47. The molecule has 2 aromatic carbocycles. The summed E-state index contributed by atoms with van der Waals surface area (Å²) in [5, 5.41) is 11.7. The Morgan fingerprint density at radius 1 is 0.935 bits per heavy atom. The number of hydrogen-bond donors (Lipinski definition) is 1. The van der Waals surface area contributed by atoms with E-state index < -0.39 is 5.60 Å². The maximum Gasteiger partial charge on any atom is 0.0940 e. The zero-order valence-electron chi connectivity index (χ0n) is 19.3. The molecule has 0 bridgehead atoms. The molecule has 3 nitrogen and oxygen atoms in total. The van der Waals surface area contributed by atoms with Crippen LogP contribution in [0, 0.1) is 11.8 Å². The van der Waals surface area contributed by atoms with Crippen LogP contribution < -0.4 is 0 Å². The topological polar surface area (TPSA) is 26.7 Å². The van der Waals surface area contributed by atoms with Crippen molar-refractivity contribution in [1.29, 1.82) is 0 Å². The van der Waals surface area contributed by atoms with Crippen molar-refractivity contribution in [3.8, 4) is 0 Å². The lowest BCUT2D eigenvalue weighted by Gasteiger charge is -2.32. The molecule has 1 N–H and O–H groups in total. The summed E-state index contributed by atoms with van der Waals surface area (Å²) < 4.78 is 0. The molecule has 1 saturated carbocycles. The molecule has 0 radical (unpaired) electrons. The van der Waals surface area contributed by atoms with Crippen molar-refractivity contribution in [2.75, 3.05) is 26.2 Å². The van der Waals surface area contributed by atoms with Gasteiger partial charge in [0.25, 0.3) is 0 Å². The van der Waals surface area contributed by atoms with Crippen molar-refractivity contribution in [2.24, 2.45) is 11.8 Å². The van der Waals surface area contributed by atoms with E-state index in [1.54, 1.807) is 0 Å². The summed E-state index contributed by atoms with van der Waals surface area (Å²) in [4.78, 5) is 5.18. The minimum Gasteiger partial charge on any atom is -0.385 e. The maximum absolute atomic E-state index is 11.7. The Kier molecular flexibility index (Phi) is 5.70. The monoisotopic (exact) mass is 418 g/mol. The number of nitrogens with zero attached hydrogens (tertiary/aromatic N) is 2. The predicted octanol–water partition coefficient (Wildman–Crippen LogP) is 4.83. The highest BCUT2D eigenvalue weighted by Crippen LogP contribution is 2.50. The van der Waals surface area contributed by atoms with Gasteiger partial charge in [-0.25, -0.2) is 0 Å². The number of likely N-dealkylation sites (tertiary alicyclic amines) is 2. The van der Waals surface area contributed by atoms with E-state index in [0.717, 1.165) is 51.0 Å². The molecule has 3 heteroatoms. The number of hydrogen-bond acceptors (Lipinski definition) is 3. The molecule has 31 heavy (non-hydrogen) atoms. The molecule has 0 amide bonds. The van der Waals surface area contributed by atoms with Crippen molar-refractivity contribution in [3.05, 3.63) is 71.3 Å². The minimum absolute atomic E-state index is 0.349. The Balaban J connectivity index is 1.22. The van der Waals surface area contributed by atoms with Crippen LogP contribution in [0.3, 0.4) is 0 Å². The molecule has 2 aliphatic heterocycles. The molecule has 1 unspecified atom stereocenters. The summed E-state index contributed by atoms with van der Waals surface area (Å²) in [6.45, 7) is 10.2. The van der Waals surface area contributed by atoms with Crippen molar-refractivity contribution in [3.63, 3.8) is 0 Å². The van der Waals surface area contributed by atoms with Gasteiger partial charge >= 0.3 is 0 Å². The van der Waals surface area contributed by atoms with Crippen LogP contribution in [0.5, 0.6) is 0 Å². The molecule has 3 aliphatic rings. The molecule has 5 rings (SSSR count). The Labute approximate surface area is 188 Å². The number of benzene rings is 2. The molecule has 166 valence electrons. The van der Waals surface area contributed by atoms with Gasteiger partial charge in [-0.1, -0.05) is 54.6 Å². The summed E-state index contributed by atoms with van der Waals surface area (Å²) in [7, 11) is 0. The van der Waals surface area contributed by atoms with E-state index >= 15 is 0 Å². The second-order valence-corrected chi connectivity index (χ2v) is 10.9. The lowest BCUT2D eigenvalue weighted by Crippen LogP contribution is -2.39. The fraction of sp³-hybridized carbons (Fsp3) is 0.571. The van der Waals surface area contributed by atoms with Crippen LogP contribution in [0.15, 0.2) is 54.6 Å². The number of rotatable bonds is 6. The van der Waals surface area contributed by atoms with Crippen LogP contribution in [-0.4, -0.2) is 46.6 Å². The van der Waals surface area contributed by atoms with E-state index in [1.807, 2.05) is 0 Å². The second-order valence-electron chi connectivity index (χ2n) is 10.9. The highest BCUT2D eigenvalue weighted by molar-refractivity contribution is 5.30. The highest BCUT2D eigenvalue weighted by atomic mass is 16.3. The van der Waals surface area contributed by atoms with Crippen molar-refractivity contribution >= 4 is 0 Å². The van der Waals surface area contributed by atoms with Gasteiger partial charge in [-0.3, -0.25) is 9.80 Å². The molecule has 3 atom stereocenters. The molecule has 2 saturated heterocycles. The van der Waals surface area contributed by atoms with E-state index in [4.69, 9.17) is 0 Å². The van der Waals surface area contributed by atoms with Crippen LogP contribution in [0.4, 0.5) is 0 Å². The number of fused-ring (bicyclic) bond motifs is 1. The molecule has 0 aromatic heterocycles. The van der Waals surface area contributed by atoms with E-state index in [9.17, 15) is 5.11 Å². The van der Waals surface area contributed by atoms with Crippen molar-refractivity contribution < 1.29 is 5.11 Å². The molecule has 2 heterocycles. The average Bonchev–Trinajstić information content (AvgIpc) is 3.42. The first-order chi connectivity index (χ1) is 14.9. The van der Waals surface area contributed by atoms with Gasteiger partial charge in [0.05, 0.1) is 5.60 Å². The summed E-state index contributed by atoms with van der Waals surface area (Å²) in [5.41, 5.74) is 3.58. The van der Waals surface area contributed by atoms with E-state index in [0.29, 0.717) is 17.4 Å². The Hall–Kier alpha value is -1.68. The van der Waals surface area contributed by atoms with Crippen molar-refractivity contribution in [2.45, 2.75) is 63.6 Å². The third-order valence-electron chi connectivity index (χ3n) is 8.47. The molecular formula is C28H38N2O. The molecular weight excluding hydrogens is 380 g/mol. The summed E-state index contributed by atoms with van der Waals surface area (Å²) in [6.07, 6.45) is 5.77. The molecule has 3 fully saturated rings. The quantitative estimate of drug-likeness (QED) is 0.728. The van der Waals surface area contributed by atoms with Gasteiger partial charge in [-0.05, 0) is 75.1 Å². The van der Waals surface area contributed by atoms with Gasteiger partial charge in [0.15, 0.2) is 0 Å². The molecule has 1 aliphatic carbocycles. The van der Waals surface area contributed by atoms with Crippen LogP contribution in [-0.2, 0) is 18.6 Å². The SMILES string of the molecule is CC1(C)CCCN1CCc1ccc(C2(O)CC[C@H]3CN(Cc4ccccc4)C[C@H]32)cc1. The smallest absolute Gasteiger partial charge is 0.0940 e. The lowest BCUT2D eigenvalue weighted by atomic mass is 9.82. The normalized spacial score (nSPS) is 30.7. The fourth-order valence-corrected chi connectivity index (χ4v) is 6.52. The van der Waals surface area contributed by atoms with Crippen molar-refractivity contribution in [1.82, 2.24) is 9.80 Å². The van der Waals surface area contributed by atoms with Gasteiger partial charge < -0.3 is 5.11 Å². The zero-order valence-corrected chi connectivity index (χ0v) is 19.3. The van der Waals surface area contributed by atoms with E-state index in [-0.39, 0.29) is 0 Å².